The molecule has 1 aromatic carbocycles. The van der Waals surface area contributed by atoms with Gasteiger partial charge < -0.3 is 4.74 Å². The first-order valence-corrected chi connectivity index (χ1v) is 5.36. The Morgan fingerprint density at radius 3 is 2.33 bits per heavy atom. The van der Waals surface area contributed by atoms with Crippen LogP contribution in [0.4, 0.5) is 0 Å². The van der Waals surface area contributed by atoms with Gasteiger partial charge in [0, 0.05) is 12.1 Å². The highest BCUT2D eigenvalue weighted by atomic mass is 16.5. The summed E-state index contributed by atoms with van der Waals surface area (Å²) < 4.78 is 7.01. The lowest BCUT2D eigenvalue weighted by Gasteiger charge is -2.03. The highest BCUT2D eigenvalue weighted by molar-refractivity contribution is 5.90. The van der Waals surface area contributed by atoms with Gasteiger partial charge >= 0.3 is 5.97 Å². The highest BCUT2D eigenvalue weighted by Gasteiger charge is 2.09. The fourth-order valence-corrected chi connectivity index (χ4v) is 1.40. The number of nitrogens with zero attached hydrogens (tertiary/aromatic N) is 2. The van der Waals surface area contributed by atoms with E-state index < -0.39 is 5.97 Å². The van der Waals surface area contributed by atoms with E-state index in [-0.39, 0.29) is 0 Å². The quantitative estimate of drug-likeness (QED) is 0.454. The molecule has 0 aliphatic rings. The number of esters is 1. The number of pyridine rings is 1. The molecule has 0 spiro atoms. The maximum absolute atomic E-state index is 11.8. The normalized spacial score (nSPS) is 9.56. The molecular formula is C14H11N2O2+. The standard InChI is InChI=1S/C14H11N2O2/c1-16-8-6-12(7-9-16)14(17)18-13-4-2-11(10-15)3-5-13/h2-9H,1H3/q+1. The van der Waals surface area contributed by atoms with Crippen molar-refractivity contribution in [1.29, 1.82) is 5.26 Å². The number of hydrogen-bond acceptors (Lipinski definition) is 3. The number of rotatable bonds is 2. The van der Waals surface area contributed by atoms with Crippen LogP contribution >= 0.6 is 0 Å². The SMILES string of the molecule is C[n+]1ccc(C(=O)Oc2ccc(C#N)cc2)cc1. The zero-order valence-electron chi connectivity index (χ0n) is 9.83. The Bertz CT molecular complexity index is 595. The van der Waals surface area contributed by atoms with Gasteiger partial charge in [-0.25, -0.2) is 9.36 Å². The molecule has 88 valence electrons. The molecule has 0 amide bonds. The van der Waals surface area contributed by atoms with E-state index in [1.807, 2.05) is 17.7 Å². The van der Waals surface area contributed by atoms with Crippen LogP contribution < -0.4 is 9.30 Å². The minimum Gasteiger partial charge on any atom is -0.423 e. The van der Waals surface area contributed by atoms with Gasteiger partial charge in [0.25, 0.3) is 0 Å². The maximum Gasteiger partial charge on any atom is 0.343 e. The number of benzene rings is 1. The third-order valence-electron chi connectivity index (χ3n) is 2.41. The van der Waals surface area contributed by atoms with Crippen molar-refractivity contribution in [2.75, 3.05) is 0 Å². The Kier molecular flexibility index (Phi) is 3.35. The van der Waals surface area contributed by atoms with E-state index in [1.165, 1.54) is 0 Å². The van der Waals surface area contributed by atoms with E-state index in [0.717, 1.165) is 0 Å². The summed E-state index contributed by atoms with van der Waals surface area (Å²) in [6, 6.07) is 11.8. The van der Waals surface area contributed by atoms with Gasteiger partial charge in [0.1, 0.15) is 12.8 Å². The molecule has 0 fully saturated rings. The average molecular weight is 239 g/mol. The van der Waals surface area contributed by atoms with Crippen molar-refractivity contribution >= 4 is 5.97 Å². The van der Waals surface area contributed by atoms with Crippen molar-refractivity contribution in [2.45, 2.75) is 0 Å². The number of hydrogen-bond donors (Lipinski definition) is 0. The lowest BCUT2D eigenvalue weighted by Crippen LogP contribution is -2.26. The molecule has 0 atom stereocenters. The van der Waals surface area contributed by atoms with Gasteiger partial charge in [-0.3, -0.25) is 0 Å². The summed E-state index contributed by atoms with van der Waals surface area (Å²) in [5.41, 5.74) is 1.01. The van der Waals surface area contributed by atoms with Crippen molar-refractivity contribution in [3.05, 3.63) is 59.9 Å². The second-order valence-electron chi connectivity index (χ2n) is 3.78. The molecule has 18 heavy (non-hydrogen) atoms. The van der Waals surface area contributed by atoms with Crippen LogP contribution in [0.5, 0.6) is 5.75 Å². The maximum atomic E-state index is 11.8. The van der Waals surface area contributed by atoms with E-state index >= 15 is 0 Å². The molecule has 0 radical (unpaired) electrons. The minimum atomic E-state index is -0.416. The van der Waals surface area contributed by atoms with Crippen LogP contribution in [0.3, 0.4) is 0 Å². The number of aromatic nitrogens is 1. The first-order valence-electron chi connectivity index (χ1n) is 5.36. The van der Waals surface area contributed by atoms with Crippen LogP contribution in [0.1, 0.15) is 15.9 Å². The van der Waals surface area contributed by atoms with Gasteiger partial charge in [-0.15, -0.1) is 0 Å². The van der Waals surface area contributed by atoms with Crippen LogP contribution in [0.2, 0.25) is 0 Å². The Balaban J connectivity index is 2.11. The van der Waals surface area contributed by atoms with Crippen LogP contribution in [0, 0.1) is 11.3 Å². The van der Waals surface area contributed by atoms with Gasteiger partial charge in [-0.05, 0) is 24.3 Å². The predicted molar refractivity (Wildman–Crippen MR) is 63.7 cm³/mol. The van der Waals surface area contributed by atoms with Crippen molar-refractivity contribution in [1.82, 2.24) is 0 Å². The van der Waals surface area contributed by atoms with Crippen molar-refractivity contribution in [2.24, 2.45) is 7.05 Å². The van der Waals surface area contributed by atoms with Gasteiger partial charge in [-0.1, -0.05) is 0 Å². The number of aryl methyl sites for hydroxylation is 1. The summed E-state index contributed by atoms with van der Waals surface area (Å²) in [5, 5.41) is 8.65. The molecule has 0 bridgehead atoms. The van der Waals surface area contributed by atoms with Crippen molar-refractivity contribution in [3.8, 4) is 11.8 Å². The highest BCUT2D eigenvalue weighted by Crippen LogP contribution is 2.13. The predicted octanol–water partition coefficient (Wildman–Crippen LogP) is 1.60. The third kappa shape index (κ3) is 2.71. The second kappa shape index (κ2) is 5.11. The van der Waals surface area contributed by atoms with Crippen molar-refractivity contribution < 1.29 is 14.1 Å². The molecule has 0 aliphatic carbocycles. The zero-order chi connectivity index (χ0) is 13.0. The number of nitriles is 1. The summed E-state index contributed by atoms with van der Waals surface area (Å²) in [5.74, 6) is 0.00698. The topological polar surface area (TPSA) is 54.0 Å². The lowest BCUT2D eigenvalue weighted by atomic mass is 10.2. The second-order valence-corrected chi connectivity index (χ2v) is 3.78. The molecule has 0 N–H and O–H groups in total. The van der Waals surface area contributed by atoms with Crippen LogP contribution in [-0.4, -0.2) is 5.97 Å². The summed E-state index contributed by atoms with van der Waals surface area (Å²) in [4.78, 5) is 11.8. The fourth-order valence-electron chi connectivity index (χ4n) is 1.40. The largest absolute Gasteiger partial charge is 0.423 e. The third-order valence-corrected chi connectivity index (χ3v) is 2.41. The Morgan fingerprint density at radius 1 is 1.17 bits per heavy atom. The molecule has 2 aromatic rings. The van der Waals surface area contributed by atoms with Gasteiger partial charge in [0.05, 0.1) is 17.2 Å². The monoisotopic (exact) mass is 239 g/mol. The van der Waals surface area contributed by atoms with E-state index in [9.17, 15) is 4.79 Å². The summed E-state index contributed by atoms with van der Waals surface area (Å²) in [6.07, 6.45) is 3.55. The van der Waals surface area contributed by atoms with E-state index in [4.69, 9.17) is 10.00 Å². The number of ether oxygens (including phenoxy) is 1. The minimum absolute atomic E-state index is 0.416. The molecule has 1 heterocycles. The lowest BCUT2D eigenvalue weighted by molar-refractivity contribution is -0.671. The summed E-state index contributed by atoms with van der Waals surface area (Å²) in [6.45, 7) is 0. The smallest absolute Gasteiger partial charge is 0.343 e. The molecule has 4 nitrogen and oxygen atoms in total. The molecule has 2 rings (SSSR count). The van der Waals surface area contributed by atoms with Gasteiger partial charge in [0.15, 0.2) is 12.4 Å². The molecule has 4 heteroatoms. The number of carbonyl (C=O) groups excluding carboxylic acids is 1. The molecule has 1 aromatic heterocycles. The van der Waals surface area contributed by atoms with E-state index in [1.54, 1.807) is 48.8 Å². The Hall–Kier alpha value is -2.67. The first-order chi connectivity index (χ1) is 8.69. The van der Waals surface area contributed by atoms with Crippen LogP contribution in [0.15, 0.2) is 48.8 Å². The zero-order valence-corrected chi connectivity index (χ0v) is 9.83. The molecule has 0 aliphatic heterocycles. The van der Waals surface area contributed by atoms with Crippen LogP contribution in [0.25, 0.3) is 0 Å². The summed E-state index contributed by atoms with van der Waals surface area (Å²) in [7, 11) is 1.87. The van der Waals surface area contributed by atoms with E-state index in [0.29, 0.717) is 16.9 Å². The number of carbonyl (C=O) groups is 1. The molecular weight excluding hydrogens is 228 g/mol. The van der Waals surface area contributed by atoms with Crippen LogP contribution in [-0.2, 0) is 7.05 Å². The molecule has 0 saturated heterocycles. The molecule has 0 saturated carbocycles. The van der Waals surface area contributed by atoms with Gasteiger partial charge in [0.2, 0.25) is 0 Å². The summed E-state index contributed by atoms with van der Waals surface area (Å²) >= 11 is 0. The van der Waals surface area contributed by atoms with Crippen molar-refractivity contribution in [3.63, 3.8) is 0 Å². The average Bonchev–Trinajstić information content (AvgIpc) is 2.40. The van der Waals surface area contributed by atoms with E-state index in [2.05, 4.69) is 0 Å². The first kappa shape index (κ1) is 11.8. The fraction of sp³-hybridized carbons (Fsp3) is 0.0714. The Morgan fingerprint density at radius 2 is 1.78 bits per heavy atom. The van der Waals surface area contributed by atoms with Gasteiger partial charge in [-0.2, -0.15) is 5.26 Å². The Labute approximate surface area is 105 Å². The molecule has 0 unspecified atom stereocenters.